The van der Waals surface area contributed by atoms with E-state index in [-0.39, 0.29) is 16.1 Å². The van der Waals surface area contributed by atoms with Crippen LogP contribution in [0.25, 0.3) is 0 Å². The Morgan fingerprint density at radius 3 is 2.36 bits per heavy atom. The highest BCUT2D eigenvalue weighted by Gasteiger charge is 2.28. The number of ketones is 1. The predicted molar refractivity (Wildman–Crippen MR) is 83.7 cm³/mol. The van der Waals surface area contributed by atoms with Gasteiger partial charge in [-0.25, -0.2) is 4.79 Å². The summed E-state index contributed by atoms with van der Waals surface area (Å²) in [6, 6.07) is 11.7. The van der Waals surface area contributed by atoms with Crippen molar-refractivity contribution in [3.8, 4) is 0 Å². The monoisotopic (exact) mass is 318 g/mol. The van der Waals surface area contributed by atoms with Crippen molar-refractivity contribution >= 4 is 23.4 Å². The summed E-state index contributed by atoms with van der Waals surface area (Å²) in [5, 5.41) is 19.0. The van der Waals surface area contributed by atoms with Crippen molar-refractivity contribution < 1.29 is 19.8 Å². The first-order chi connectivity index (χ1) is 10.5. The van der Waals surface area contributed by atoms with Crippen LogP contribution in [-0.2, 0) is 0 Å². The van der Waals surface area contributed by atoms with E-state index in [0.717, 1.165) is 0 Å². The molecule has 0 aromatic heterocycles. The Hall–Kier alpha value is -2.17. The van der Waals surface area contributed by atoms with Gasteiger partial charge in [0.15, 0.2) is 5.78 Å². The molecule has 2 aromatic carbocycles. The summed E-state index contributed by atoms with van der Waals surface area (Å²) >= 11 is 6.10. The summed E-state index contributed by atoms with van der Waals surface area (Å²) < 4.78 is 0. The molecule has 5 heteroatoms. The normalized spacial score (nSPS) is 12.0. The van der Waals surface area contributed by atoms with Gasteiger partial charge in [-0.15, -0.1) is 0 Å². The molecular formula is C17H15ClO4. The van der Waals surface area contributed by atoms with E-state index in [1.807, 2.05) is 0 Å². The van der Waals surface area contributed by atoms with E-state index in [2.05, 4.69) is 0 Å². The van der Waals surface area contributed by atoms with Gasteiger partial charge in [0.05, 0.1) is 28.7 Å². The summed E-state index contributed by atoms with van der Waals surface area (Å²) in [6.07, 6.45) is 0. The number of aliphatic hydroxyl groups is 1. The first-order valence-electron chi connectivity index (χ1n) is 6.69. The highest BCUT2D eigenvalue weighted by molar-refractivity contribution is 6.35. The molecule has 0 fully saturated rings. The van der Waals surface area contributed by atoms with Crippen LogP contribution >= 0.6 is 11.6 Å². The number of carboxylic acid groups (broad SMARTS) is 1. The smallest absolute Gasteiger partial charge is 0.336 e. The minimum Gasteiger partial charge on any atom is -0.478 e. The van der Waals surface area contributed by atoms with E-state index in [9.17, 15) is 19.8 Å². The fourth-order valence-corrected chi connectivity index (χ4v) is 2.73. The van der Waals surface area contributed by atoms with Crippen molar-refractivity contribution in [3.05, 3.63) is 69.7 Å². The number of carbonyl (C=O) groups excluding carboxylic acids is 1. The van der Waals surface area contributed by atoms with Gasteiger partial charge in [0.1, 0.15) is 0 Å². The molecular weight excluding hydrogens is 304 g/mol. The number of aliphatic hydroxyl groups excluding tert-OH is 1. The first-order valence-corrected chi connectivity index (χ1v) is 7.07. The minimum absolute atomic E-state index is 0.0670. The van der Waals surface area contributed by atoms with E-state index in [1.54, 1.807) is 43.3 Å². The number of carbonyl (C=O) groups is 2. The molecule has 22 heavy (non-hydrogen) atoms. The summed E-state index contributed by atoms with van der Waals surface area (Å²) in [5.74, 6) is -2.57. The Balaban J connectivity index is 2.55. The molecule has 0 bridgehead atoms. The minimum atomic E-state index is -1.22. The fourth-order valence-electron chi connectivity index (χ4n) is 2.36. The van der Waals surface area contributed by atoms with Crippen LogP contribution in [-0.4, -0.2) is 28.6 Å². The van der Waals surface area contributed by atoms with Gasteiger partial charge in [0, 0.05) is 0 Å². The SMILES string of the molecule is Cc1cc(Cl)c(C(=O)C(CO)c2ccccc2)c(C(=O)O)c1. The number of carboxylic acids is 1. The fraction of sp³-hybridized carbons (Fsp3) is 0.176. The van der Waals surface area contributed by atoms with Crippen LogP contribution in [0.15, 0.2) is 42.5 Å². The largest absolute Gasteiger partial charge is 0.478 e. The zero-order valence-electron chi connectivity index (χ0n) is 11.9. The number of aromatic carboxylic acids is 1. The first kappa shape index (κ1) is 16.2. The van der Waals surface area contributed by atoms with Crippen LogP contribution < -0.4 is 0 Å². The lowest BCUT2D eigenvalue weighted by Crippen LogP contribution is -2.20. The molecule has 0 heterocycles. The third-order valence-electron chi connectivity index (χ3n) is 3.41. The van der Waals surface area contributed by atoms with Crippen LogP contribution in [0.1, 0.15) is 37.8 Å². The zero-order valence-corrected chi connectivity index (χ0v) is 12.7. The molecule has 0 spiro atoms. The number of hydrogen-bond donors (Lipinski definition) is 2. The van der Waals surface area contributed by atoms with Crippen molar-refractivity contribution in [2.45, 2.75) is 12.8 Å². The summed E-state index contributed by atoms with van der Waals surface area (Å²) in [7, 11) is 0. The number of hydrogen-bond acceptors (Lipinski definition) is 3. The average molecular weight is 319 g/mol. The molecule has 1 unspecified atom stereocenters. The molecule has 1 atom stereocenters. The number of rotatable bonds is 5. The van der Waals surface area contributed by atoms with Crippen molar-refractivity contribution in [2.24, 2.45) is 0 Å². The standard InChI is InChI=1S/C17H15ClO4/c1-10-7-12(17(21)22)15(14(18)8-10)16(20)13(9-19)11-5-3-2-4-6-11/h2-8,13,19H,9H2,1H3,(H,21,22). The highest BCUT2D eigenvalue weighted by Crippen LogP contribution is 2.29. The molecule has 0 saturated heterocycles. The Bertz CT molecular complexity index is 710. The van der Waals surface area contributed by atoms with Crippen LogP contribution in [0.4, 0.5) is 0 Å². The van der Waals surface area contributed by atoms with E-state index in [1.165, 1.54) is 6.07 Å². The lowest BCUT2D eigenvalue weighted by Gasteiger charge is -2.16. The molecule has 0 aliphatic carbocycles. The van der Waals surface area contributed by atoms with Gasteiger partial charge >= 0.3 is 5.97 Å². The van der Waals surface area contributed by atoms with Gasteiger partial charge in [-0.2, -0.15) is 0 Å². The lowest BCUT2D eigenvalue weighted by molar-refractivity contribution is 0.0690. The molecule has 2 N–H and O–H groups in total. The Kier molecular flexibility index (Phi) is 4.96. The van der Waals surface area contributed by atoms with Gasteiger partial charge < -0.3 is 10.2 Å². The van der Waals surface area contributed by atoms with Crippen LogP contribution in [0.5, 0.6) is 0 Å². The van der Waals surface area contributed by atoms with Gasteiger partial charge in [0.2, 0.25) is 0 Å². The maximum atomic E-state index is 12.7. The quantitative estimate of drug-likeness (QED) is 0.829. The molecule has 2 aromatic rings. The summed E-state index contributed by atoms with van der Waals surface area (Å²) in [6.45, 7) is 1.28. The molecule has 0 saturated carbocycles. The maximum Gasteiger partial charge on any atom is 0.336 e. The zero-order chi connectivity index (χ0) is 16.3. The maximum absolute atomic E-state index is 12.7. The van der Waals surface area contributed by atoms with Crippen LogP contribution in [0, 0.1) is 6.92 Å². The molecule has 0 radical (unpaired) electrons. The van der Waals surface area contributed by atoms with E-state index in [4.69, 9.17) is 11.6 Å². The molecule has 0 aliphatic heterocycles. The van der Waals surface area contributed by atoms with E-state index >= 15 is 0 Å². The highest BCUT2D eigenvalue weighted by atomic mass is 35.5. The molecule has 2 rings (SSSR count). The predicted octanol–water partition coefficient (Wildman–Crippen LogP) is 3.31. The summed E-state index contributed by atoms with van der Waals surface area (Å²) in [5.41, 5.74) is 1.05. The molecule has 114 valence electrons. The van der Waals surface area contributed by atoms with Crippen molar-refractivity contribution in [2.75, 3.05) is 6.61 Å². The van der Waals surface area contributed by atoms with Crippen LogP contribution in [0.2, 0.25) is 5.02 Å². The van der Waals surface area contributed by atoms with Gasteiger partial charge in [0.25, 0.3) is 0 Å². The second kappa shape index (κ2) is 6.73. The third-order valence-corrected chi connectivity index (χ3v) is 3.71. The van der Waals surface area contributed by atoms with Gasteiger partial charge in [-0.3, -0.25) is 4.79 Å². The summed E-state index contributed by atoms with van der Waals surface area (Å²) in [4.78, 5) is 24.1. The van der Waals surface area contributed by atoms with Crippen molar-refractivity contribution in [3.63, 3.8) is 0 Å². The topological polar surface area (TPSA) is 74.6 Å². The number of halogens is 1. The van der Waals surface area contributed by atoms with Gasteiger partial charge in [-0.1, -0.05) is 41.9 Å². The average Bonchev–Trinajstić information content (AvgIpc) is 2.48. The number of benzene rings is 2. The van der Waals surface area contributed by atoms with Crippen molar-refractivity contribution in [1.29, 1.82) is 0 Å². The van der Waals surface area contributed by atoms with Crippen LogP contribution in [0.3, 0.4) is 0 Å². The molecule has 0 amide bonds. The number of Topliss-reactive ketones (excluding diaryl/α,β-unsaturated/α-hetero) is 1. The Morgan fingerprint density at radius 2 is 1.82 bits per heavy atom. The van der Waals surface area contributed by atoms with Crippen molar-refractivity contribution in [1.82, 2.24) is 0 Å². The second-order valence-corrected chi connectivity index (χ2v) is 5.39. The molecule has 0 aliphatic rings. The molecule has 4 nitrogen and oxygen atoms in total. The Labute approximate surface area is 133 Å². The van der Waals surface area contributed by atoms with Gasteiger partial charge in [-0.05, 0) is 30.2 Å². The Morgan fingerprint density at radius 1 is 1.18 bits per heavy atom. The lowest BCUT2D eigenvalue weighted by atomic mass is 9.88. The number of aryl methyl sites for hydroxylation is 1. The second-order valence-electron chi connectivity index (χ2n) is 4.98. The van der Waals surface area contributed by atoms with E-state index in [0.29, 0.717) is 11.1 Å². The third kappa shape index (κ3) is 3.18. The van der Waals surface area contributed by atoms with E-state index < -0.39 is 24.3 Å².